The van der Waals surface area contributed by atoms with E-state index in [9.17, 15) is 0 Å². The Morgan fingerprint density at radius 2 is 1.90 bits per heavy atom. The summed E-state index contributed by atoms with van der Waals surface area (Å²) in [5, 5.41) is 3.54. The number of hydrogen-bond donors (Lipinski definition) is 1. The zero-order valence-electron chi connectivity index (χ0n) is 12.0. The van der Waals surface area contributed by atoms with Crippen LogP contribution in [0, 0.1) is 0 Å². The number of nitrogens with one attached hydrogen (secondary N) is 1. The highest BCUT2D eigenvalue weighted by molar-refractivity contribution is 7.99. The van der Waals surface area contributed by atoms with Crippen molar-refractivity contribution in [2.24, 2.45) is 0 Å². The molecule has 1 aliphatic rings. The molecule has 2 aromatic rings. The third-order valence-electron chi connectivity index (χ3n) is 3.46. The lowest BCUT2D eigenvalue weighted by Crippen LogP contribution is -2.21. The summed E-state index contributed by atoms with van der Waals surface area (Å²) in [5.41, 5.74) is 1.23. The fourth-order valence-electron chi connectivity index (χ4n) is 2.26. The first-order valence-electron chi connectivity index (χ1n) is 7.14. The van der Waals surface area contributed by atoms with Crippen LogP contribution >= 0.6 is 11.8 Å². The van der Waals surface area contributed by atoms with Crippen LogP contribution in [0.1, 0.15) is 18.5 Å². The van der Waals surface area contributed by atoms with Crippen molar-refractivity contribution in [1.29, 1.82) is 0 Å². The third-order valence-corrected chi connectivity index (χ3v) is 4.47. The van der Waals surface area contributed by atoms with E-state index in [0.29, 0.717) is 12.8 Å². The SMILES string of the molecule is CC(NCCSc1ccccc1)c1ccc2c(c1)OCO2. The summed E-state index contributed by atoms with van der Waals surface area (Å²) in [6, 6.07) is 16.9. The lowest BCUT2D eigenvalue weighted by atomic mass is 10.1. The molecule has 0 fully saturated rings. The highest BCUT2D eigenvalue weighted by atomic mass is 32.2. The molecule has 1 atom stereocenters. The highest BCUT2D eigenvalue weighted by Gasteiger charge is 2.15. The van der Waals surface area contributed by atoms with Gasteiger partial charge < -0.3 is 14.8 Å². The summed E-state index contributed by atoms with van der Waals surface area (Å²) in [7, 11) is 0. The molecule has 0 aliphatic carbocycles. The van der Waals surface area contributed by atoms with E-state index in [-0.39, 0.29) is 0 Å². The molecule has 1 heterocycles. The van der Waals surface area contributed by atoms with Crippen molar-refractivity contribution in [3.8, 4) is 11.5 Å². The van der Waals surface area contributed by atoms with Gasteiger partial charge in [0.15, 0.2) is 11.5 Å². The second kappa shape index (κ2) is 6.87. The molecule has 0 amide bonds. The number of hydrogen-bond acceptors (Lipinski definition) is 4. The van der Waals surface area contributed by atoms with Gasteiger partial charge in [0, 0.05) is 23.2 Å². The fourth-order valence-corrected chi connectivity index (χ4v) is 3.07. The maximum absolute atomic E-state index is 5.42. The van der Waals surface area contributed by atoms with Crippen LogP contribution in [0.15, 0.2) is 53.4 Å². The van der Waals surface area contributed by atoms with Crippen LogP contribution in [0.25, 0.3) is 0 Å². The minimum absolute atomic E-state index is 0.302. The van der Waals surface area contributed by atoms with E-state index in [4.69, 9.17) is 9.47 Å². The Labute approximate surface area is 129 Å². The van der Waals surface area contributed by atoms with E-state index < -0.39 is 0 Å². The summed E-state index contributed by atoms with van der Waals surface area (Å²) in [4.78, 5) is 1.31. The Kier molecular flexibility index (Phi) is 4.68. The first-order chi connectivity index (χ1) is 10.3. The molecule has 1 N–H and O–H groups in total. The number of thioether (sulfide) groups is 1. The van der Waals surface area contributed by atoms with Gasteiger partial charge in [0.1, 0.15) is 0 Å². The van der Waals surface area contributed by atoms with E-state index in [1.54, 1.807) is 0 Å². The van der Waals surface area contributed by atoms with Gasteiger partial charge in [-0.1, -0.05) is 24.3 Å². The molecule has 2 aromatic carbocycles. The summed E-state index contributed by atoms with van der Waals surface area (Å²) in [6.45, 7) is 3.47. The molecule has 0 aromatic heterocycles. The second-order valence-corrected chi connectivity index (χ2v) is 6.12. The Morgan fingerprint density at radius 1 is 1.10 bits per heavy atom. The monoisotopic (exact) mass is 301 g/mol. The summed E-state index contributed by atoms with van der Waals surface area (Å²) >= 11 is 1.87. The van der Waals surface area contributed by atoms with Crippen LogP contribution in [0.5, 0.6) is 11.5 Å². The second-order valence-electron chi connectivity index (χ2n) is 4.95. The van der Waals surface area contributed by atoms with Gasteiger partial charge in [-0.15, -0.1) is 11.8 Å². The standard InChI is InChI=1S/C17H19NO2S/c1-13(14-7-8-16-17(11-14)20-12-19-16)18-9-10-21-15-5-3-2-4-6-15/h2-8,11,13,18H,9-10,12H2,1H3. The third kappa shape index (κ3) is 3.71. The average molecular weight is 301 g/mol. The molecule has 4 heteroatoms. The zero-order chi connectivity index (χ0) is 14.5. The molecule has 0 spiro atoms. The topological polar surface area (TPSA) is 30.5 Å². The summed E-state index contributed by atoms with van der Waals surface area (Å²) < 4.78 is 10.8. The Morgan fingerprint density at radius 3 is 2.76 bits per heavy atom. The minimum atomic E-state index is 0.302. The number of ether oxygens (including phenoxy) is 2. The molecule has 0 bridgehead atoms. The van der Waals surface area contributed by atoms with Gasteiger partial charge in [-0.05, 0) is 36.8 Å². The minimum Gasteiger partial charge on any atom is -0.454 e. The Balaban J connectivity index is 1.47. The van der Waals surface area contributed by atoms with Crippen molar-refractivity contribution >= 4 is 11.8 Å². The van der Waals surface area contributed by atoms with Crippen molar-refractivity contribution in [1.82, 2.24) is 5.32 Å². The van der Waals surface area contributed by atoms with Crippen LogP contribution in [0.2, 0.25) is 0 Å². The van der Waals surface area contributed by atoms with E-state index in [0.717, 1.165) is 23.8 Å². The number of benzene rings is 2. The van der Waals surface area contributed by atoms with Gasteiger partial charge in [-0.3, -0.25) is 0 Å². The van der Waals surface area contributed by atoms with Crippen molar-refractivity contribution in [3.05, 3.63) is 54.1 Å². The first-order valence-corrected chi connectivity index (χ1v) is 8.12. The van der Waals surface area contributed by atoms with Crippen LogP contribution in [-0.4, -0.2) is 19.1 Å². The highest BCUT2D eigenvalue weighted by Crippen LogP contribution is 2.34. The predicted molar refractivity (Wildman–Crippen MR) is 86.1 cm³/mol. The predicted octanol–water partition coefficient (Wildman–Crippen LogP) is 3.86. The normalized spacial score (nSPS) is 14.1. The summed E-state index contributed by atoms with van der Waals surface area (Å²) in [6.07, 6.45) is 0. The molecule has 0 radical (unpaired) electrons. The molecular weight excluding hydrogens is 282 g/mol. The van der Waals surface area contributed by atoms with E-state index in [1.807, 2.05) is 23.9 Å². The maximum atomic E-state index is 5.42. The molecular formula is C17H19NO2S. The van der Waals surface area contributed by atoms with Crippen LogP contribution in [-0.2, 0) is 0 Å². The molecule has 21 heavy (non-hydrogen) atoms. The first kappa shape index (κ1) is 14.3. The van der Waals surface area contributed by atoms with Gasteiger partial charge in [0.25, 0.3) is 0 Å². The van der Waals surface area contributed by atoms with Crippen molar-refractivity contribution in [2.75, 3.05) is 19.1 Å². The van der Waals surface area contributed by atoms with Crippen LogP contribution in [0.3, 0.4) is 0 Å². The molecule has 110 valence electrons. The zero-order valence-corrected chi connectivity index (χ0v) is 12.9. The molecule has 0 saturated heterocycles. The van der Waals surface area contributed by atoms with Crippen molar-refractivity contribution in [3.63, 3.8) is 0 Å². The molecule has 3 rings (SSSR count). The lowest BCUT2D eigenvalue weighted by molar-refractivity contribution is 0.174. The van der Waals surface area contributed by atoms with Crippen LogP contribution < -0.4 is 14.8 Å². The van der Waals surface area contributed by atoms with Crippen LogP contribution in [0.4, 0.5) is 0 Å². The largest absolute Gasteiger partial charge is 0.454 e. The maximum Gasteiger partial charge on any atom is 0.231 e. The summed E-state index contributed by atoms with van der Waals surface area (Å²) in [5.74, 6) is 2.74. The molecule has 0 saturated carbocycles. The van der Waals surface area contributed by atoms with Crippen molar-refractivity contribution in [2.45, 2.75) is 17.9 Å². The lowest BCUT2D eigenvalue weighted by Gasteiger charge is -2.14. The van der Waals surface area contributed by atoms with Crippen molar-refractivity contribution < 1.29 is 9.47 Å². The number of rotatable bonds is 6. The van der Waals surface area contributed by atoms with E-state index in [1.165, 1.54) is 10.5 Å². The van der Waals surface area contributed by atoms with Gasteiger partial charge >= 0.3 is 0 Å². The Bertz CT molecular complexity index is 589. The van der Waals surface area contributed by atoms with Gasteiger partial charge in [-0.2, -0.15) is 0 Å². The van der Waals surface area contributed by atoms with E-state index >= 15 is 0 Å². The van der Waals surface area contributed by atoms with E-state index in [2.05, 4.69) is 48.6 Å². The smallest absolute Gasteiger partial charge is 0.231 e. The Hall–Kier alpha value is -1.65. The van der Waals surface area contributed by atoms with Gasteiger partial charge in [-0.25, -0.2) is 0 Å². The molecule has 3 nitrogen and oxygen atoms in total. The number of fused-ring (bicyclic) bond motifs is 1. The van der Waals surface area contributed by atoms with Gasteiger partial charge in [0.05, 0.1) is 0 Å². The quantitative estimate of drug-likeness (QED) is 0.648. The fraction of sp³-hybridized carbons (Fsp3) is 0.294. The average Bonchev–Trinajstić information content (AvgIpc) is 3.00. The molecule has 1 unspecified atom stereocenters. The van der Waals surface area contributed by atoms with Gasteiger partial charge in [0.2, 0.25) is 6.79 Å². The molecule has 1 aliphatic heterocycles.